The summed E-state index contributed by atoms with van der Waals surface area (Å²) >= 11 is 0. The normalized spacial score (nSPS) is 18.6. The van der Waals surface area contributed by atoms with Crippen LogP contribution in [0.15, 0.2) is 18.3 Å². The first-order chi connectivity index (χ1) is 7.79. The van der Waals surface area contributed by atoms with Crippen molar-refractivity contribution in [2.75, 3.05) is 20.2 Å². The van der Waals surface area contributed by atoms with Crippen LogP contribution >= 0.6 is 0 Å². The summed E-state index contributed by atoms with van der Waals surface area (Å²) in [6, 6.07) is 4.40. The Balaban J connectivity index is 1.98. The van der Waals surface area contributed by atoms with Crippen molar-refractivity contribution in [3.05, 3.63) is 23.9 Å². The lowest BCUT2D eigenvalue weighted by molar-refractivity contribution is 0.203. The third-order valence-electron chi connectivity index (χ3n) is 3.07. The second kappa shape index (κ2) is 5.27. The highest BCUT2D eigenvalue weighted by Crippen LogP contribution is 2.18. The zero-order valence-electron chi connectivity index (χ0n) is 9.72. The van der Waals surface area contributed by atoms with Gasteiger partial charge in [0.05, 0.1) is 7.11 Å². The predicted molar refractivity (Wildman–Crippen MR) is 63.3 cm³/mol. The molecule has 1 aliphatic heterocycles. The number of hydrogen-bond donors (Lipinski definition) is 1. The topological polar surface area (TPSA) is 51.4 Å². The summed E-state index contributed by atoms with van der Waals surface area (Å²) in [5, 5.41) is 0. The van der Waals surface area contributed by atoms with E-state index < -0.39 is 0 Å². The molecule has 0 bridgehead atoms. The average molecular weight is 221 g/mol. The summed E-state index contributed by atoms with van der Waals surface area (Å²) < 4.78 is 5.25. The number of methoxy groups -OCH3 is 1. The highest BCUT2D eigenvalue weighted by atomic mass is 16.5. The molecule has 1 saturated heterocycles. The number of likely N-dealkylation sites (tertiary alicyclic amines) is 1. The average Bonchev–Trinajstić information content (AvgIpc) is 2.33. The van der Waals surface area contributed by atoms with E-state index in [9.17, 15) is 0 Å². The molecule has 16 heavy (non-hydrogen) atoms. The Kier molecular flexibility index (Phi) is 3.74. The number of piperidine rings is 1. The van der Waals surface area contributed by atoms with Gasteiger partial charge in [0.2, 0.25) is 5.88 Å². The van der Waals surface area contributed by atoms with E-state index in [-0.39, 0.29) is 0 Å². The van der Waals surface area contributed by atoms with E-state index in [0.29, 0.717) is 6.04 Å². The van der Waals surface area contributed by atoms with Crippen LogP contribution in [-0.2, 0) is 6.54 Å². The van der Waals surface area contributed by atoms with E-state index in [2.05, 4.69) is 16.0 Å². The Morgan fingerprint density at radius 1 is 1.50 bits per heavy atom. The van der Waals surface area contributed by atoms with Crippen molar-refractivity contribution in [1.29, 1.82) is 0 Å². The van der Waals surface area contributed by atoms with Crippen LogP contribution in [0.3, 0.4) is 0 Å². The largest absolute Gasteiger partial charge is 0.481 e. The van der Waals surface area contributed by atoms with Crippen LogP contribution in [0, 0.1) is 0 Å². The van der Waals surface area contributed by atoms with Gasteiger partial charge in [-0.05, 0) is 32.0 Å². The van der Waals surface area contributed by atoms with Crippen molar-refractivity contribution in [3.63, 3.8) is 0 Å². The van der Waals surface area contributed by atoms with Gasteiger partial charge in [-0.2, -0.15) is 0 Å². The minimum atomic E-state index is 0.382. The molecule has 0 radical (unpaired) electrons. The van der Waals surface area contributed by atoms with E-state index in [0.717, 1.165) is 43.9 Å². The molecule has 0 atom stereocenters. The van der Waals surface area contributed by atoms with Crippen molar-refractivity contribution in [2.45, 2.75) is 25.4 Å². The van der Waals surface area contributed by atoms with Gasteiger partial charge in [0.15, 0.2) is 0 Å². The van der Waals surface area contributed by atoms with Gasteiger partial charge in [-0.1, -0.05) is 6.07 Å². The Bertz CT molecular complexity index is 335. The summed E-state index contributed by atoms with van der Waals surface area (Å²) in [4.78, 5) is 6.61. The highest BCUT2D eigenvalue weighted by molar-refractivity contribution is 5.25. The molecular weight excluding hydrogens is 202 g/mol. The molecule has 88 valence electrons. The van der Waals surface area contributed by atoms with Crippen LogP contribution in [0.2, 0.25) is 0 Å². The first kappa shape index (κ1) is 11.4. The van der Waals surface area contributed by atoms with Gasteiger partial charge in [-0.3, -0.25) is 4.90 Å². The Morgan fingerprint density at radius 3 is 2.94 bits per heavy atom. The lowest BCUT2D eigenvalue weighted by Crippen LogP contribution is -2.39. The van der Waals surface area contributed by atoms with E-state index in [4.69, 9.17) is 10.5 Å². The second-order valence-corrected chi connectivity index (χ2v) is 4.29. The molecule has 2 heterocycles. The first-order valence-corrected chi connectivity index (χ1v) is 5.75. The molecule has 2 rings (SSSR count). The number of rotatable bonds is 3. The van der Waals surface area contributed by atoms with Crippen LogP contribution in [0.4, 0.5) is 0 Å². The number of ether oxygens (including phenoxy) is 1. The van der Waals surface area contributed by atoms with Gasteiger partial charge in [-0.25, -0.2) is 4.98 Å². The molecular formula is C12H19N3O. The summed E-state index contributed by atoms with van der Waals surface area (Å²) in [5.74, 6) is 0.734. The standard InChI is InChI=1S/C12H19N3O/c1-16-12-10(3-2-6-14-12)9-15-7-4-11(13)5-8-15/h2-3,6,11H,4-5,7-9,13H2,1H3. The smallest absolute Gasteiger partial charge is 0.217 e. The zero-order chi connectivity index (χ0) is 11.4. The Labute approximate surface area is 96.4 Å². The third-order valence-corrected chi connectivity index (χ3v) is 3.07. The van der Waals surface area contributed by atoms with Gasteiger partial charge in [0.25, 0.3) is 0 Å². The fourth-order valence-corrected chi connectivity index (χ4v) is 2.08. The minimum absolute atomic E-state index is 0.382. The molecule has 2 N–H and O–H groups in total. The molecule has 0 saturated carbocycles. The van der Waals surface area contributed by atoms with E-state index in [1.54, 1.807) is 13.3 Å². The predicted octanol–water partition coefficient (Wildman–Crippen LogP) is 1.01. The van der Waals surface area contributed by atoms with Crippen LogP contribution in [0.5, 0.6) is 5.88 Å². The van der Waals surface area contributed by atoms with Crippen LogP contribution in [0.1, 0.15) is 18.4 Å². The number of hydrogen-bond acceptors (Lipinski definition) is 4. The van der Waals surface area contributed by atoms with Crippen LogP contribution in [-0.4, -0.2) is 36.1 Å². The molecule has 4 heteroatoms. The van der Waals surface area contributed by atoms with Crippen LogP contribution < -0.4 is 10.5 Å². The van der Waals surface area contributed by atoms with Crippen molar-refractivity contribution in [2.24, 2.45) is 5.73 Å². The lowest BCUT2D eigenvalue weighted by Gasteiger charge is -2.30. The van der Waals surface area contributed by atoms with Gasteiger partial charge in [0.1, 0.15) is 0 Å². The fourth-order valence-electron chi connectivity index (χ4n) is 2.08. The van der Waals surface area contributed by atoms with Crippen molar-refractivity contribution in [1.82, 2.24) is 9.88 Å². The van der Waals surface area contributed by atoms with Crippen molar-refractivity contribution >= 4 is 0 Å². The summed E-state index contributed by atoms with van der Waals surface area (Å²) in [6.07, 6.45) is 3.93. The Hall–Kier alpha value is -1.13. The fraction of sp³-hybridized carbons (Fsp3) is 0.583. The molecule has 4 nitrogen and oxygen atoms in total. The molecule has 1 aromatic rings. The van der Waals surface area contributed by atoms with Crippen molar-refractivity contribution in [3.8, 4) is 5.88 Å². The maximum absolute atomic E-state index is 5.88. The third kappa shape index (κ3) is 2.71. The second-order valence-electron chi connectivity index (χ2n) is 4.29. The zero-order valence-corrected chi connectivity index (χ0v) is 9.72. The minimum Gasteiger partial charge on any atom is -0.481 e. The number of pyridine rings is 1. The van der Waals surface area contributed by atoms with Gasteiger partial charge >= 0.3 is 0 Å². The monoisotopic (exact) mass is 221 g/mol. The lowest BCUT2D eigenvalue weighted by atomic mass is 10.1. The number of nitrogens with zero attached hydrogens (tertiary/aromatic N) is 2. The molecule has 0 unspecified atom stereocenters. The van der Waals surface area contributed by atoms with Gasteiger partial charge in [0, 0.05) is 24.3 Å². The number of nitrogens with two attached hydrogens (primary N) is 1. The quantitative estimate of drug-likeness (QED) is 0.827. The molecule has 1 fully saturated rings. The van der Waals surface area contributed by atoms with Gasteiger partial charge in [-0.15, -0.1) is 0 Å². The molecule has 0 amide bonds. The molecule has 0 aromatic carbocycles. The van der Waals surface area contributed by atoms with E-state index in [1.165, 1.54) is 0 Å². The summed E-state index contributed by atoms with van der Waals surface area (Å²) in [5.41, 5.74) is 7.04. The molecule has 1 aromatic heterocycles. The van der Waals surface area contributed by atoms with E-state index in [1.807, 2.05) is 6.07 Å². The molecule has 1 aliphatic rings. The first-order valence-electron chi connectivity index (χ1n) is 5.75. The molecule has 0 spiro atoms. The van der Waals surface area contributed by atoms with E-state index >= 15 is 0 Å². The van der Waals surface area contributed by atoms with Crippen LogP contribution in [0.25, 0.3) is 0 Å². The number of aromatic nitrogens is 1. The SMILES string of the molecule is COc1ncccc1CN1CCC(N)CC1. The molecule has 0 aliphatic carbocycles. The maximum Gasteiger partial charge on any atom is 0.217 e. The maximum atomic E-state index is 5.88. The summed E-state index contributed by atoms with van der Waals surface area (Å²) in [7, 11) is 1.66. The highest BCUT2D eigenvalue weighted by Gasteiger charge is 2.17. The van der Waals surface area contributed by atoms with Gasteiger partial charge < -0.3 is 10.5 Å². The Morgan fingerprint density at radius 2 is 2.25 bits per heavy atom. The summed E-state index contributed by atoms with van der Waals surface area (Å²) in [6.45, 7) is 3.04. The van der Waals surface area contributed by atoms with Crippen molar-refractivity contribution < 1.29 is 4.74 Å².